The van der Waals surface area contributed by atoms with Crippen LogP contribution in [0.5, 0.6) is 0 Å². The third-order valence-corrected chi connectivity index (χ3v) is 3.85. The van der Waals surface area contributed by atoms with E-state index in [0.717, 1.165) is 5.12 Å². The number of benzene rings is 2. The van der Waals surface area contributed by atoms with Crippen molar-refractivity contribution in [1.82, 2.24) is 10.4 Å². The molecule has 136 valence electrons. The minimum Gasteiger partial charge on any atom is -0.265 e. The Bertz CT molecular complexity index is 1010. The molecule has 27 heavy (non-hydrogen) atoms. The molecular formula is C18H11F4N5. The first-order valence-corrected chi connectivity index (χ1v) is 7.80. The summed E-state index contributed by atoms with van der Waals surface area (Å²) in [6, 6.07) is 12.6. The van der Waals surface area contributed by atoms with E-state index in [4.69, 9.17) is 0 Å². The van der Waals surface area contributed by atoms with E-state index in [9.17, 15) is 17.6 Å². The zero-order valence-corrected chi connectivity index (χ0v) is 13.6. The van der Waals surface area contributed by atoms with Crippen LogP contribution in [0.4, 0.5) is 28.9 Å². The molecule has 0 spiro atoms. The highest BCUT2D eigenvalue weighted by molar-refractivity contribution is 6.02. The Balaban J connectivity index is 1.83. The molecule has 1 aliphatic heterocycles. The third kappa shape index (κ3) is 2.92. The predicted octanol–water partition coefficient (Wildman–Crippen LogP) is 3.75. The van der Waals surface area contributed by atoms with Crippen molar-refractivity contribution in [3.8, 4) is 0 Å². The molecule has 0 bridgehead atoms. The number of hydrogen-bond donors (Lipinski definition) is 1. The van der Waals surface area contributed by atoms with Gasteiger partial charge in [-0.05, 0) is 12.1 Å². The lowest BCUT2D eigenvalue weighted by Gasteiger charge is -2.28. The molecule has 0 unspecified atom stereocenters. The quantitative estimate of drug-likeness (QED) is 0.432. The number of hydrogen-bond acceptors (Lipinski definition) is 5. The van der Waals surface area contributed by atoms with Gasteiger partial charge >= 0.3 is 0 Å². The molecule has 0 atom stereocenters. The number of nitrogens with one attached hydrogen (secondary N) is 1. The second-order valence-electron chi connectivity index (χ2n) is 5.55. The summed E-state index contributed by atoms with van der Waals surface area (Å²) in [5.74, 6) is -6.56. The maximum Gasteiger partial charge on any atom is 0.199 e. The second-order valence-corrected chi connectivity index (χ2v) is 5.55. The lowest BCUT2D eigenvalue weighted by atomic mass is 10.2. The third-order valence-electron chi connectivity index (χ3n) is 3.85. The number of pyridine rings is 1. The summed E-state index contributed by atoms with van der Waals surface area (Å²) in [7, 11) is 0. The van der Waals surface area contributed by atoms with Crippen molar-refractivity contribution in [1.29, 1.82) is 0 Å². The van der Waals surface area contributed by atoms with E-state index >= 15 is 0 Å². The number of rotatable bonds is 3. The molecule has 1 N–H and O–H groups in total. The zero-order valence-electron chi connectivity index (χ0n) is 13.6. The van der Waals surface area contributed by atoms with Crippen LogP contribution in [-0.4, -0.2) is 10.8 Å². The highest BCUT2D eigenvalue weighted by atomic mass is 19.2. The molecule has 1 aliphatic rings. The van der Waals surface area contributed by atoms with Crippen LogP contribution in [0.2, 0.25) is 0 Å². The Hall–Kier alpha value is -3.62. The monoisotopic (exact) mass is 373 g/mol. The first kappa shape index (κ1) is 16.8. The number of hydrazine groups is 2. The topological polar surface area (TPSA) is 43.8 Å². The molecule has 0 saturated heterocycles. The Morgan fingerprint density at radius 3 is 2.22 bits per heavy atom. The summed E-state index contributed by atoms with van der Waals surface area (Å²) in [6.07, 6.45) is 2.96. The van der Waals surface area contributed by atoms with E-state index in [-0.39, 0.29) is 0 Å². The molecule has 2 heterocycles. The van der Waals surface area contributed by atoms with Crippen LogP contribution in [0, 0.1) is 23.3 Å². The number of aromatic nitrogens is 1. The van der Waals surface area contributed by atoms with E-state index in [0.29, 0.717) is 23.2 Å². The molecule has 0 amide bonds. The average Bonchev–Trinajstić information content (AvgIpc) is 3.15. The van der Waals surface area contributed by atoms with Crippen molar-refractivity contribution in [2.45, 2.75) is 0 Å². The zero-order chi connectivity index (χ0) is 19.0. The summed E-state index contributed by atoms with van der Waals surface area (Å²) in [4.78, 5) is 3.89. The van der Waals surface area contributed by atoms with Crippen LogP contribution in [-0.2, 0) is 0 Å². The fourth-order valence-corrected chi connectivity index (χ4v) is 2.56. The van der Waals surface area contributed by atoms with E-state index in [1.54, 1.807) is 36.4 Å². The summed E-state index contributed by atoms with van der Waals surface area (Å²) in [5, 5.41) is 6.52. The van der Waals surface area contributed by atoms with E-state index in [1.165, 1.54) is 17.5 Å². The molecule has 0 fully saturated rings. The van der Waals surface area contributed by atoms with Gasteiger partial charge in [0.05, 0.1) is 5.69 Å². The lowest BCUT2D eigenvalue weighted by molar-refractivity contribution is 0.408. The highest BCUT2D eigenvalue weighted by Crippen LogP contribution is 2.30. The molecule has 1 aromatic heterocycles. The Morgan fingerprint density at radius 2 is 1.52 bits per heavy atom. The first-order valence-electron chi connectivity index (χ1n) is 7.80. The van der Waals surface area contributed by atoms with Gasteiger partial charge in [0.2, 0.25) is 0 Å². The minimum absolute atomic E-state index is 0.303. The van der Waals surface area contributed by atoms with Gasteiger partial charge in [0, 0.05) is 24.0 Å². The van der Waals surface area contributed by atoms with Crippen LogP contribution in [0.15, 0.2) is 66.0 Å². The van der Waals surface area contributed by atoms with Crippen molar-refractivity contribution in [2.75, 3.05) is 10.2 Å². The molecule has 4 rings (SSSR count). The van der Waals surface area contributed by atoms with Crippen molar-refractivity contribution in [3.05, 3.63) is 89.8 Å². The van der Waals surface area contributed by atoms with E-state index in [1.807, 2.05) is 6.07 Å². The van der Waals surface area contributed by atoms with Crippen molar-refractivity contribution in [2.24, 2.45) is 5.10 Å². The summed E-state index contributed by atoms with van der Waals surface area (Å²) < 4.78 is 55.2. The predicted molar refractivity (Wildman–Crippen MR) is 91.6 cm³/mol. The smallest absolute Gasteiger partial charge is 0.199 e. The Kier molecular flexibility index (Phi) is 4.11. The molecule has 0 radical (unpaired) electrons. The molecule has 0 aliphatic carbocycles. The molecule has 2 aromatic carbocycles. The van der Waals surface area contributed by atoms with Gasteiger partial charge in [0.1, 0.15) is 5.69 Å². The average molecular weight is 373 g/mol. The van der Waals surface area contributed by atoms with Crippen LogP contribution in [0.25, 0.3) is 0 Å². The van der Waals surface area contributed by atoms with Gasteiger partial charge in [-0.15, -0.1) is 5.10 Å². The molecule has 9 heteroatoms. The number of hydrazone groups is 1. The van der Waals surface area contributed by atoms with Gasteiger partial charge in [-0.3, -0.25) is 10.4 Å². The molecule has 0 saturated carbocycles. The fraction of sp³-hybridized carbons (Fsp3) is 0. The fourth-order valence-electron chi connectivity index (χ4n) is 2.56. The summed E-state index contributed by atoms with van der Waals surface area (Å²) >= 11 is 0. The Morgan fingerprint density at radius 1 is 0.815 bits per heavy atom. The van der Waals surface area contributed by atoms with E-state index < -0.39 is 29.0 Å². The molecule has 5 nitrogen and oxygen atoms in total. The highest BCUT2D eigenvalue weighted by Gasteiger charge is 2.31. The van der Waals surface area contributed by atoms with Gasteiger partial charge in [-0.2, -0.15) is 10.2 Å². The number of nitrogens with zero attached hydrogens (tertiary/aromatic N) is 4. The van der Waals surface area contributed by atoms with Crippen LogP contribution >= 0.6 is 0 Å². The normalized spacial score (nSPS) is 13.6. The summed E-state index contributed by atoms with van der Waals surface area (Å²) in [5.41, 5.74) is 3.30. The number of anilines is 2. The standard InChI is InChI=1S/C18H11F4N5/c19-13-10-14(16(21)17(22)15(13)20)27-25-18(11-4-2-1-3-5-11)24-26(27)12-6-8-23-9-7-12/h1-10H,(H,24,25). The van der Waals surface area contributed by atoms with Gasteiger partial charge < -0.3 is 0 Å². The van der Waals surface area contributed by atoms with Crippen molar-refractivity contribution >= 4 is 17.2 Å². The minimum atomic E-state index is -1.91. The van der Waals surface area contributed by atoms with Crippen molar-refractivity contribution < 1.29 is 17.6 Å². The van der Waals surface area contributed by atoms with Crippen LogP contribution in [0.1, 0.15) is 5.56 Å². The van der Waals surface area contributed by atoms with Gasteiger partial charge in [-0.25, -0.2) is 17.6 Å². The second kappa shape index (κ2) is 6.60. The first-order chi connectivity index (χ1) is 13.1. The maximum absolute atomic E-state index is 14.4. The SMILES string of the molecule is Fc1cc(N2NC(c3ccccc3)=NN2c2ccncc2)c(F)c(F)c1F. The van der Waals surface area contributed by atoms with Gasteiger partial charge in [0.25, 0.3) is 0 Å². The Labute approximate surface area is 151 Å². The lowest BCUT2D eigenvalue weighted by Crippen LogP contribution is -2.45. The van der Waals surface area contributed by atoms with Crippen molar-refractivity contribution in [3.63, 3.8) is 0 Å². The number of amidine groups is 1. The summed E-state index contributed by atoms with van der Waals surface area (Å²) in [6.45, 7) is 0. The largest absolute Gasteiger partial charge is 0.265 e. The molecular weight excluding hydrogens is 362 g/mol. The van der Waals surface area contributed by atoms with Gasteiger partial charge in [-0.1, -0.05) is 30.3 Å². The van der Waals surface area contributed by atoms with Gasteiger partial charge in [0.15, 0.2) is 29.1 Å². The number of halogens is 4. The molecule has 3 aromatic rings. The van der Waals surface area contributed by atoms with Crippen LogP contribution < -0.4 is 15.7 Å². The van der Waals surface area contributed by atoms with E-state index in [2.05, 4.69) is 15.5 Å². The van der Waals surface area contributed by atoms with Crippen LogP contribution in [0.3, 0.4) is 0 Å². The maximum atomic E-state index is 14.4.